The second-order valence-electron chi connectivity index (χ2n) is 10.3. The van der Waals surface area contributed by atoms with Crippen LogP contribution in [-0.4, -0.2) is 33.6 Å². The molecule has 0 atom stereocenters. The number of aliphatic imine (C=N–C) groups is 1. The summed E-state index contributed by atoms with van der Waals surface area (Å²) in [7, 11) is 0. The maximum absolute atomic E-state index is 12.3. The van der Waals surface area contributed by atoms with Crippen LogP contribution < -0.4 is 10.6 Å². The summed E-state index contributed by atoms with van der Waals surface area (Å²) in [6, 6.07) is 0. The first-order chi connectivity index (χ1) is 19.5. The summed E-state index contributed by atoms with van der Waals surface area (Å²) < 4.78 is 0. The van der Waals surface area contributed by atoms with Gasteiger partial charge in [0.1, 0.15) is 0 Å². The van der Waals surface area contributed by atoms with Crippen molar-refractivity contribution in [2.24, 2.45) is 4.99 Å². The molecule has 0 aliphatic carbocycles. The van der Waals surface area contributed by atoms with Gasteiger partial charge < -0.3 is 20.7 Å². The number of carboxylic acids is 1. The third-order valence-electron chi connectivity index (χ3n) is 7.77. The summed E-state index contributed by atoms with van der Waals surface area (Å²) in [5.74, 6) is -1.23. The molecule has 212 valence electrons. The Morgan fingerprint density at radius 3 is 2.15 bits per heavy atom. The highest BCUT2D eigenvalue weighted by Crippen LogP contribution is 2.34. The summed E-state index contributed by atoms with van der Waals surface area (Å²) in [5, 5.41) is 15.2. The van der Waals surface area contributed by atoms with Crippen molar-refractivity contribution in [3.8, 4) is 0 Å². The number of hydrogen-bond donors (Lipinski definition) is 4. The van der Waals surface area contributed by atoms with Crippen LogP contribution in [0.5, 0.6) is 0 Å². The van der Waals surface area contributed by atoms with Crippen LogP contribution in [-0.2, 0) is 20.8 Å². The van der Waals surface area contributed by atoms with Gasteiger partial charge in [-0.2, -0.15) is 0 Å². The summed E-state index contributed by atoms with van der Waals surface area (Å²) in [5.41, 5.74) is 11.1. The lowest BCUT2D eigenvalue weighted by atomic mass is 9.98. The van der Waals surface area contributed by atoms with Crippen molar-refractivity contribution in [3.63, 3.8) is 0 Å². The molecule has 0 saturated carbocycles. The van der Waals surface area contributed by atoms with Crippen LogP contribution in [0.25, 0.3) is 12.2 Å². The molecule has 3 aliphatic heterocycles. The number of nitrogens with one attached hydrogen (secondary N) is 3. The van der Waals surface area contributed by atoms with Crippen LogP contribution in [0.2, 0.25) is 0 Å². The predicted octanol–water partition coefficient (Wildman–Crippen LogP) is 5.74. The number of carboxylic acid groups (broad SMARTS) is 1. The molecule has 0 saturated heterocycles. The summed E-state index contributed by atoms with van der Waals surface area (Å²) in [6.07, 6.45) is 11.0. The molecular formula is C33H36N4O4. The minimum atomic E-state index is -0.885. The maximum atomic E-state index is 12.3. The number of rotatable bonds is 10. The summed E-state index contributed by atoms with van der Waals surface area (Å²) in [4.78, 5) is 44.5. The van der Waals surface area contributed by atoms with Crippen molar-refractivity contribution in [2.75, 3.05) is 0 Å². The fourth-order valence-corrected chi connectivity index (χ4v) is 5.35. The minimum absolute atomic E-state index is 0.0308. The fourth-order valence-electron chi connectivity index (χ4n) is 5.35. The molecular weight excluding hydrogens is 516 g/mol. The van der Waals surface area contributed by atoms with Gasteiger partial charge in [-0.15, -0.1) is 0 Å². The maximum Gasteiger partial charge on any atom is 0.303 e. The molecule has 0 aromatic carbocycles. The van der Waals surface area contributed by atoms with E-state index in [4.69, 9.17) is 4.99 Å². The Kier molecular flexibility index (Phi) is 8.42. The van der Waals surface area contributed by atoms with E-state index in [-0.39, 0.29) is 18.2 Å². The molecule has 4 heterocycles. The van der Waals surface area contributed by atoms with E-state index in [1.54, 1.807) is 19.1 Å². The number of H-pyrrole nitrogens is 1. The van der Waals surface area contributed by atoms with Crippen LogP contribution in [0.15, 0.2) is 86.9 Å². The third-order valence-corrected chi connectivity index (χ3v) is 7.77. The van der Waals surface area contributed by atoms with Gasteiger partial charge >= 0.3 is 5.97 Å². The zero-order chi connectivity index (χ0) is 30.0. The first-order valence-electron chi connectivity index (χ1n) is 13.7. The van der Waals surface area contributed by atoms with Gasteiger partial charge in [0.2, 0.25) is 0 Å². The quantitative estimate of drug-likeness (QED) is 0.295. The molecule has 8 nitrogen and oxygen atoms in total. The number of carbonyl (C=O) groups is 3. The Labute approximate surface area is 240 Å². The topological polar surface area (TPSA) is 124 Å². The number of carbonyl (C=O) groups excluding carboxylic acids is 2. The highest BCUT2D eigenvalue weighted by atomic mass is 16.4. The average molecular weight is 553 g/mol. The van der Waals surface area contributed by atoms with E-state index in [1.807, 2.05) is 32.1 Å². The molecule has 0 radical (unpaired) electrons. The van der Waals surface area contributed by atoms with E-state index < -0.39 is 5.97 Å². The number of amides is 2. The van der Waals surface area contributed by atoms with Crippen molar-refractivity contribution in [3.05, 3.63) is 104 Å². The van der Waals surface area contributed by atoms with E-state index in [1.165, 1.54) is 0 Å². The zero-order valence-electron chi connectivity index (χ0n) is 24.2. The lowest BCUT2D eigenvalue weighted by Gasteiger charge is -2.06. The van der Waals surface area contributed by atoms with Gasteiger partial charge in [0.25, 0.3) is 11.8 Å². The molecule has 0 bridgehead atoms. The first kappa shape index (κ1) is 29.3. The van der Waals surface area contributed by atoms with Gasteiger partial charge in [-0.05, 0) is 86.6 Å². The number of nitrogens with zero attached hydrogens (tertiary/aromatic N) is 1. The van der Waals surface area contributed by atoms with Crippen molar-refractivity contribution < 1.29 is 19.5 Å². The van der Waals surface area contributed by atoms with Gasteiger partial charge in [-0.1, -0.05) is 38.7 Å². The van der Waals surface area contributed by atoms with Crippen LogP contribution in [0.1, 0.15) is 69.5 Å². The highest BCUT2D eigenvalue weighted by Gasteiger charge is 2.26. The molecule has 0 unspecified atom stereocenters. The van der Waals surface area contributed by atoms with Crippen LogP contribution >= 0.6 is 0 Å². The van der Waals surface area contributed by atoms with Gasteiger partial charge in [0.15, 0.2) is 0 Å². The van der Waals surface area contributed by atoms with Crippen molar-refractivity contribution in [1.29, 1.82) is 0 Å². The molecule has 1 aromatic heterocycles. The number of allylic oxidation sites excluding steroid dienone is 5. The van der Waals surface area contributed by atoms with Gasteiger partial charge in [-0.3, -0.25) is 14.4 Å². The summed E-state index contributed by atoms with van der Waals surface area (Å²) in [6.45, 7) is 17.3. The molecule has 1 aromatic rings. The van der Waals surface area contributed by atoms with Gasteiger partial charge in [0, 0.05) is 40.2 Å². The fraction of sp³-hybridized carbons (Fsp3) is 0.273. The minimum Gasteiger partial charge on any atom is -0.481 e. The normalized spacial score (nSPS) is 20.1. The lowest BCUT2D eigenvalue weighted by molar-refractivity contribution is -0.137. The standard InChI is InChI=1S/C33H36N4O4/c1-8-11-23-18(5)25(14-27-17(4)22(10-3)33(41)36-27)34-29(23)16-30-24(12-13-31(38)39)19(6)26(35-30)15-28-21(9-2)20(7)32(40)37-28/h9-10,14-16,34H,2-3,8,11-13H2,1,4-7H3,(H,36,41)(H,37,40)(H,38,39)/b27-14-,28-15-,30-16-. The number of aromatic amines is 1. The average Bonchev–Trinajstić information content (AvgIpc) is 3.56. The Hall–Kier alpha value is -4.72. The third kappa shape index (κ3) is 5.63. The van der Waals surface area contributed by atoms with Crippen LogP contribution in [0.4, 0.5) is 0 Å². The van der Waals surface area contributed by atoms with E-state index in [9.17, 15) is 19.5 Å². The predicted molar refractivity (Wildman–Crippen MR) is 163 cm³/mol. The van der Waals surface area contributed by atoms with E-state index >= 15 is 0 Å². The SMILES string of the molecule is C=CC1=C(C)/C(=C/c2[nH]c(/C=C3N=C(/C=C4\NC(=O)C(C)=C4C=C)C(C)=C\3CCC(=O)O)c(CCC)c2C)NC1=O. The molecule has 41 heavy (non-hydrogen) atoms. The Balaban J connectivity index is 1.82. The van der Waals surface area contributed by atoms with Crippen molar-refractivity contribution >= 4 is 35.6 Å². The van der Waals surface area contributed by atoms with Crippen LogP contribution in [0.3, 0.4) is 0 Å². The highest BCUT2D eigenvalue weighted by molar-refractivity contribution is 6.14. The molecule has 3 aliphatic rings. The number of hydrogen-bond acceptors (Lipinski definition) is 4. The smallest absolute Gasteiger partial charge is 0.303 e. The largest absolute Gasteiger partial charge is 0.481 e. The number of aromatic nitrogens is 1. The second-order valence-corrected chi connectivity index (χ2v) is 10.3. The first-order valence-corrected chi connectivity index (χ1v) is 13.7. The molecule has 8 heteroatoms. The Morgan fingerprint density at radius 2 is 1.54 bits per heavy atom. The zero-order valence-corrected chi connectivity index (χ0v) is 24.2. The Bertz CT molecular complexity index is 1620. The van der Waals surface area contributed by atoms with E-state index in [2.05, 4.69) is 42.6 Å². The summed E-state index contributed by atoms with van der Waals surface area (Å²) >= 11 is 0. The molecule has 0 fully saturated rings. The molecule has 0 spiro atoms. The van der Waals surface area contributed by atoms with E-state index in [0.717, 1.165) is 63.3 Å². The molecule has 2 amide bonds. The Morgan fingerprint density at radius 1 is 0.854 bits per heavy atom. The van der Waals surface area contributed by atoms with Crippen LogP contribution in [0, 0.1) is 6.92 Å². The second kappa shape index (κ2) is 11.8. The van der Waals surface area contributed by atoms with Crippen molar-refractivity contribution in [2.45, 2.75) is 60.3 Å². The van der Waals surface area contributed by atoms with E-state index in [0.29, 0.717) is 34.7 Å². The number of aliphatic carboxylic acids is 1. The molecule has 4 rings (SSSR count). The van der Waals surface area contributed by atoms with Gasteiger partial charge in [-0.25, -0.2) is 4.99 Å². The lowest BCUT2D eigenvalue weighted by Crippen LogP contribution is -2.16. The van der Waals surface area contributed by atoms with Crippen molar-refractivity contribution in [1.82, 2.24) is 15.6 Å². The molecule has 4 N–H and O–H groups in total. The monoisotopic (exact) mass is 552 g/mol. The van der Waals surface area contributed by atoms with Gasteiger partial charge in [0.05, 0.1) is 17.1 Å².